The second kappa shape index (κ2) is 10.2. The highest BCUT2D eigenvalue weighted by Crippen LogP contribution is 2.34. The van der Waals surface area contributed by atoms with Crippen molar-refractivity contribution in [2.45, 2.75) is 32.4 Å². The molecule has 3 rings (SSSR count). The van der Waals surface area contributed by atoms with E-state index >= 15 is 0 Å². The van der Waals surface area contributed by atoms with Crippen molar-refractivity contribution in [3.8, 4) is 0 Å². The number of carbonyl (C=O) groups excluding carboxylic acids is 1. The van der Waals surface area contributed by atoms with Gasteiger partial charge < -0.3 is 5.32 Å². The van der Waals surface area contributed by atoms with Gasteiger partial charge in [0.15, 0.2) is 0 Å². The lowest BCUT2D eigenvalue weighted by atomic mass is 9.94. The molecule has 8 heteroatoms. The average Bonchev–Trinajstić information content (AvgIpc) is 2.74. The molecule has 1 amide bonds. The topological polar surface area (TPSA) is 66.5 Å². The summed E-state index contributed by atoms with van der Waals surface area (Å²) in [7, 11) is -3.62. The van der Waals surface area contributed by atoms with Crippen LogP contribution >= 0.6 is 23.2 Å². The summed E-state index contributed by atoms with van der Waals surface area (Å²) in [5.41, 5.74) is 2.20. The van der Waals surface area contributed by atoms with Gasteiger partial charge in [0, 0.05) is 11.1 Å². The number of nitrogens with one attached hydrogen (secondary N) is 1. The Morgan fingerprint density at radius 2 is 1.55 bits per heavy atom. The molecule has 3 aromatic rings. The molecule has 0 radical (unpaired) electrons. The standard InChI is InChI=1S/C25H26Cl2N2O3S/c1-25(2,16-18-8-5-4-6-9-18)28-24(30)20-14-12-19(13-15-20)17-29(33(3,31)32)22-11-7-10-21(26)23(22)27/h4-15H,16-17H2,1-3H3,(H,28,30). The molecule has 0 saturated heterocycles. The average molecular weight is 505 g/mol. The second-order valence-corrected chi connectivity index (χ2v) is 11.2. The Morgan fingerprint density at radius 1 is 0.909 bits per heavy atom. The number of hydrogen-bond donors (Lipinski definition) is 1. The van der Waals surface area contributed by atoms with Crippen LogP contribution in [-0.4, -0.2) is 26.1 Å². The quantitative estimate of drug-likeness (QED) is 0.427. The molecule has 0 spiro atoms. The first-order chi connectivity index (χ1) is 15.5. The molecule has 0 bridgehead atoms. The van der Waals surface area contributed by atoms with Gasteiger partial charge in [-0.1, -0.05) is 71.7 Å². The van der Waals surface area contributed by atoms with Gasteiger partial charge in [0.25, 0.3) is 5.91 Å². The third kappa shape index (κ3) is 6.73. The first-order valence-electron chi connectivity index (χ1n) is 10.3. The van der Waals surface area contributed by atoms with E-state index in [1.807, 2.05) is 44.2 Å². The molecule has 0 saturated carbocycles. The lowest BCUT2D eigenvalue weighted by Gasteiger charge is -2.27. The minimum atomic E-state index is -3.62. The number of hydrogen-bond acceptors (Lipinski definition) is 3. The highest BCUT2D eigenvalue weighted by atomic mass is 35.5. The third-order valence-corrected chi connectivity index (χ3v) is 7.02. The minimum Gasteiger partial charge on any atom is -0.347 e. The molecule has 0 atom stereocenters. The van der Waals surface area contributed by atoms with Crippen molar-refractivity contribution < 1.29 is 13.2 Å². The molecule has 0 aliphatic rings. The Kier molecular flexibility index (Phi) is 7.73. The zero-order valence-electron chi connectivity index (χ0n) is 18.7. The summed E-state index contributed by atoms with van der Waals surface area (Å²) in [6.45, 7) is 4.01. The van der Waals surface area contributed by atoms with Crippen LogP contribution in [0.2, 0.25) is 10.0 Å². The monoisotopic (exact) mass is 504 g/mol. The van der Waals surface area contributed by atoms with Crippen molar-refractivity contribution >= 4 is 44.8 Å². The fourth-order valence-corrected chi connectivity index (χ4v) is 4.86. The van der Waals surface area contributed by atoms with Gasteiger partial charge in [-0.15, -0.1) is 0 Å². The van der Waals surface area contributed by atoms with Crippen LogP contribution in [0.5, 0.6) is 0 Å². The number of amides is 1. The highest BCUT2D eigenvalue weighted by Gasteiger charge is 2.23. The number of anilines is 1. The van der Waals surface area contributed by atoms with Crippen LogP contribution in [0.4, 0.5) is 5.69 Å². The summed E-state index contributed by atoms with van der Waals surface area (Å²) >= 11 is 12.3. The first kappa shape index (κ1) is 25.1. The lowest BCUT2D eigenvalue weighted by molar-refractivity contribution is 0.0913. The van der Waals surface area contributed by atoms with Crippen LogP contribution in [0.25, 0.3) is 0 Å². The second-order valence-electron chi connectivity index (χ2n) is 8.54. The molecule has 0 heterocycles. The van der Waals surface area contributed by atoms with Gasteiger partial charge in [-0.05, 0) is 55.7 Å². The maximum Gasteiger partial charge on any atom is 0.251 e. The smallest absolute Gasteiger partial charge is 0.251 e. The van der Waals surface area contributed by atoms with E-state index in [2.05, 4.69) is 5.32 Å². The molecular weight excluding hydrogens is 479 g/mol. The Labute approximate surface area is 205 Å². The summed E-state index contributed by atoms with van der Waals surface area (Å²) < 4.78 is 26.1. The molecular formula is C25H26Cl2N2O3S. The van der Waals surface area contributed by atoms with Gasteiger partial charge in [-0.25, -0.2) is 8.42 Å². The number of rotatable bonds is 8. The van der Waals surface area contributed by atoms with Gasteiger partial charge in [0.1, 0.15) is 0 Å². The van der Waals surface area contributed by atoms with Crippen LogP contribution in [0.1, 0.15) is 35.3 Å². The van der Waals surface area contributed by atoms with Gasteiger partial charge >= 0.3 is 0 Å². The predicted molar refractivity (Wildman–Crippen MR) is 136 cm³/mol. The lowest BCUT2D eigenvalue weighted by Crippen LogP contribution is -2.45. The number of halogens is 2. The predicted octanol–water partition coefficient (Wildman–Crippen LogP) is 5.71. The van der Waals surface area contributed by atoms with E-state index in [9.17, 15) is 13.2 Å². The van der Waals surface area contributed by atoms with Crippen LogP contribution in [-0.2, 0) is 23.0 Å². The maximum absolute atomic E-state index is 12.8. The van der Waals surface area contributed by atoms with Gasteiger partial charge in [0.2, 0.25) is 10.0 Å². The van der Waals surface area contributed by atoms with Crippen molar-refractivity contribution in [2.75, 3.05) is 10.6 Å². The summed E-state index contributed by atoms with van der Waals surface area (Å²) in [6, 6.07) is 21.6. The minimum absolute atomic E-state index is 0.0558. The molecule has 33 heavy (non-hydrogen) atoms. The van der Waals surface area contributed by atoms with Crippen LogP contribution < -0.4 is 9.62 Å². The molecule has 0 aliphatic carbocycles. The Balaban J connectivity index is 1.74. The van der Waals surface area contributed by atoms with Crippen molar-refractivity contribution in [3.05, 3.63) is 99.5 Å². The normalized spacial score (nSPS) is 11.8. The van der Waals surface area contributed by atoms with Crippen LogP contribution in [0.15, 0.2) is 72.8 Å². The van der Waals surface area contributed by atoms with E-state index in [0.29, 0.717) is 23.2 Å². The highest BCUT2D eigenvalue weighted by molar-refractivity contribution is 7.92. The molecule has 3 aromatic carbocycles. The molecule has 0 aromatic heterocycles. The van der Waals surface area contributed by atoms with E-state index in [1.165, 1.54) is 4.31 Å². The van der Waals surface area contributed by atoms with E-state index in [4.69, 9.17) is 23.2 Å². The van der Waals surface area contributed by atoms with Crippen molar-refractivity contribution in [1.82, 2.24) is 5.32 Å². The fourth-order valence-electron chi connectivity index (χ4n) is 3.52. The van der Waals surface area contributed by atoms with Crippen molar-refractivity contribution in [3.63, 3.8) is 0 Å². The van der Waals surface area contributed by atoms with E-state index in [-0.39, 0.29) is 22.5 Å². The zero-order chi connectivity index (χ0) is 24.2. The summed E-state index contributed by atoms with van der Waals surface area (Å²) in [6.07, 6.45) is 1.81. The number of benzene rings is 3. The first-order valence-corrected chi connectivity index (χ1v) is 12.9. The largest absolute Gasteiger partial charge is 0.347 e. The summed E-state index contributed by atoms with van der Waals surface area (Å²) in [5, 5.41) is 3.51. The van der Waals surface area contributed by atoms with Gasteiger partial charge in [0.05, 0.1) is 28.5 Å². The molecule has 0 aliphatic heterocycles. The number of carbonyl (C=O) groups is 1. The fraction of sp³-hybridized carbons (Fsp3) is 0.240. The molecule has 0 fully saturated rings. The SMILES string of the molecule is CC(C)(Cc1ccccc1)NC(=O)c1ccc(CN(c2cccc(Cl)c2Cl)S(C)(=O)=O)cc1. The summed E-state index contributed by atoms with van der Waals surface area (Å²) in [4.78, 5) is 12.8. The molecule has 174 valence electrons. The maximum atomic E-state index is 12.8. The number of nitrogens with zero attached hydrogens (tertiary/aromatic N) is 1. The van der Waals surface area contributed by atoms with E-state index in [0.717, 1.165) is 11.8 Å². The zero-order valence-corrected chi connectivity index (χ0v) is 21.0. The van der Waals surface area contributed by atoms with E-state index < -0.39 is 15.6 Å². The third-order valence-electron chi connectivity index (χ3n) is 5.08. The van der Waals surface area contributed by atoms with Gasteiger partial charge in [-0.3, -0.25) is 9.10 Å². The van der Waals surface area contributed by atoms with E-state index in [1.54, 1.807) is 42.5 Å². The Bertz CT molecular complexity index is 1230. The molecule has 0 unspecified atom stereocenters. The van der Waals surface area contributed by atoms with Crippen molar-refractivity contribution in [2.24, 2.45) is 0 Å². The molecule has 5 nitrogen and oxygen atoms in total. The van der Waals surface area contributed by atoms with Gasteiger partial charge in [-0.2, -0.15) is 0 Å². The number of sulfonamides is 1. The molecule has 1 N–H and O–H groups in total. The Hall–Kier alpha value is -2.54. The van der Waals surface area contributed by atoms with Crippen molar-refractivity contribution in [1.29, 1.82) is 0 Å². The van der Waals surface area contributed by atoms with Crippen LogP contribution in [0, 0.1) is 0 Å². The van der Waals surface area contributed by atoms with Crippen LogP contribution in [0.3, 0.4) is 0 Å². The Morgan fingerprint density at radius 3 is 2.15 bits per heavy atom. The summed E-state index contributed by atoms with van der Waals surface area (Å²) in [5.74, 6) is -0.194.